The molecule has 0 aromatic carbocycles. The molecule has 1 aliphatic rings. The van der Waals surface area contributed by atoms with Gasteiger partial charge in [0.25, 0.3) is 5.91 Å². The van der Waals surface area contributed by atoms with Gasteiger partial charge in [-0.3, -0.25) is 4.79 Å². The predicted octanol–water partition coefficient (Wildman–Crippen LogP) is 0.998. The molecule has 4 heteroatoms. The highest BCUT2D eigenvalue weighted by Crippen LogP contribution is 2.20. The van der Waals surface area contributed by atoms with Gasteiger partial charge in [-0.15, -0.1) is 0 Å². The monoisotopic (exact) mass is 208 g/mol. The summed E-state index contributed by atoms with van der Waals surface area (Å²) in [7, 11) is 0. The molecule has 4 nitrogen and oxygen atoms in total. The van der Waals surface area contributed by atoms with Crippen molar-refractivity contribution in [1.29, 1.82) is 0 Å². The highest BCUT2D eigenvalue weighted by atomic mass is 16.3. The van der Waals surface area contributed by atoms with Gasteiger partial charge in [-0.05, 0) is 26.0 Å². The fourth-order valence-corrected chi connectivity index (χ4v) is 1.34. The van der Waals surface area contributed by atoms with Gasteiger partial charge in [0.05, 0.1) is 5.57 Å². The van der Waals surface area contributed by atoms with E-state index in [0.717, 1.165) is 0 Å². The predicted molar refractivity (Wildman–Crippen MR) is 59.2 cm³/mol. The lowest BCUT2D eigenvalue weighted by Crippen LogP contribution is -2.26. The second kappa shape index (κ2) is 5.24. The molecule has 1 aliphatic carbocycles. The lowest BCUT2D eigenvalue weighted by molar-refractivity contribution is -0.117. The maximum Gasteiger partial charge on any atom is 0.252 e. The summed E-state index contributed by atoms with van der Waals surface area (Å²) in [6, 6.07) is 0. The van der Waals surface area contributed by atoms with Crippen LogP contribution in [0, 0.1) is 0 Å². The van der Waals surface area contributed by atoms with Crippen LogP contribution in [-0.4, -0.2) is 24.1 Å². The Morgan fingerprint density at radius 2 is 2.00 bits per heavy atom. The highest BCUT2D eigenvalue weighted by molar-refractivity contribution is 6.00. The van der Waals surface area contributed by atoms with Crippen LogP contribution < -0.4 is 10.6 Å². The van der Waals surface area contributed by atoms with E-state index in [9.17, 15) is 9.90 Å². The summed E-state index contributed by atoms with van der Waals surface area (Å²) in [5, 5.41) is 15.1. The summed E-state index contributed by atoms with van der Waals surface area (Å²) < 4.78 is 0. The molecule has 0 atom stereocenters. The average molecular weight is 208 g/mol. The van der Waals surface area contributed by atoms with Gasteiger partial charge in [0, 0.05) is 18.7 Å². The molecular weight excluding hydrogens is 192 g/mol. The van der Waals surface area contributed by atoms with Crippen molar-refractivity contribution < 1.29 is 9.90 Å². The van der Waals surface area contributed by atoms with E-state index < -0.39 is 0 Å². The fourth-order valence-electron chi connectivity index (χ4n) is 1.34. The van der Waals surface area contributed by atoms with E-state index in [1.54, 1.807) is 18.2 Å². The van der Waals surface area contributed by atoms with E-state index in [2.05, 4.69) is 10.6 Å². The maximum atomic E-state index is 11.6. The van der Waals surface area contributed by atoms with Crippen LogP contribution in [0.3, 0.4) is 0 Å². The Balaban J connectivity index is 2.84. The van der Waals surface area contributed by atoms with Crippen LogP contribution in [0.4, 0.5) is 0 Å². The summed E-state index contributed by atoms with van der Waals surface area (Å²) in [4.78, 5) is 11.6. The Kier molecular flexibility index (Phi) is 3.97. The Hall–Kier alpha value is -1.71. The number of aliphatic hydroxyl groups excluding tert-OH is 1. The van der Waals surface area contributed by atoms with Gasteiger partial charge in [0.1, 0.15) is 0 Å². The molecule has 0 aromatic heterocycles. The highest BCUT2D eigenvalue weighted by Gasteiger charge is 2.18. The minimum atomic E-state index is -0.165. The van der Waals surface area contributed by atoms with Crippen molar-refractivity contribution in [3.05, 3.63) is 35.3 Å². The minimum absolute atomic E-state index is 0.0451. The van der Waals surface area contributed by atoms with Gasteiger partial charge in [-0.2, -0.15) is 0 Å². The van der Waals surface area contributed by atoms with Gasteiger partial charge >= 0.3 is 0 Å². The van der Waals surface area contributed by atoms with Crippen molar-refractivity contribution >= 4 is 5.91 Å². The maximum absolute atomic E-state index is 11.6. The first-order valence-corrected chi connectivity index (χ1v) is 5.04. The van der Waals surface area contributed by atoms with Crippen molar-refractivity contribution in [2.75, 3.05) is 13.1 Å². The number of allylic oxidation sites excluding steroid dienone is 3. The quantitative estimate of drug-likeness (QED) is 0.604. The molecule has 0 saturated carbocycles. The van der Waals surface area contributed by atoms with Gasteiger partial charge in [-0.25, -0.2) is 0 Å². The van der Waals surface area contributed by atoms with Gasteiger partial charge < -0.3 is 15.7 Å². The van der Waals surface area contributed by atoms with E-state index in [-0.39, 0.29) is 11.8 Å². The van der Waals surface area contributed by atoms with E-state index >= 15 is 0 Å². The van der Waals surface area contributed by atoms with E-state index in [4.69, 9.17) is 0 Å². The largest absolute Gasteiger partial charge is 0.494 e. The molecule has 0 heterocycles. The van der Waals surface area contributed by atoms with Crippen LogP contribution in [0.5, 0.6) is 0 Å². The number of carbonyl (C=O) groups excluding carboxylic acids is 1. The number of hydrogen-bond donors (Lipinski definition) is 3. The topological polar surface area (TPSA) is 61.4 Å². The third kappa shape index (κ3) is 2.62. The molecule has 1 rings (SSSR count). The molecule has 0 spiro atoms. The second-order valence-electron chi connectivity index (χ2n) is 3.09. The zero-order valence-corrected chi connectivity index (χ0v) is 9.00. The molecule has 0 unspecified atom stereocenters. The summed E-state index contributed by atoms with van der Waals surface area (Å²) in [6.07, 6.45) is 5.14. The molecule has 1 amide bonds. The molecule has 0 aliphatic heterocycles. The molecule has 82 valence electrons. The summed E-state index contributed by atoms with van der Waals surface area (Å²) in [6.45, 7) is 4.93. The summed E-state index contributed by atoms with van der Waals surface area (Å²) in [5.41, 5.74) is 1.04. The number of aliphatic hydroxyl groups is 1. The lowest BCUT2D eigenvalue weighted by Gasteiger charge is -2.08. The van der Waals surface area contributed by atoms with Crippen molar-refractivity contribution in [2.24, 2.45) is 0 Å². The van der Waals surface area contributed by atoms with Crippen molar-refractivity contribution in [2.45, 2.75) is 13.8 Å². The van der Waals surface area contributed by atoms with Crippen LogP contribution in [0.15, 0.2) is 35.3 Å². The number of nitrogens with one attached hydrogen (secondary N) is 2. The van der Waals surface area contributed by atoms with Gasteiger partial charge in [0.2, 0.25) is 0 Å². The van der Waals surface area contributed by atoms with Crippen LogP contribution >= 0.6 is 0 Å². The molecule has 0 bridgehead atoms. The number of rotatable bonds is 4. The first kappa shape index (κ1) is 11.4. The zero-order chi connectivity index (χ0) is 11.3. The van der Waals surface area contributed by atoms with E-state index in [1.165, 1.54) is 0 Å². The standard InChI is InChI=1S/C11H16N2O2/c1-3-12-10(14)8-6-5-7-9(8)11(15)13-4-2/h5-7,12,14H,3-4H2,1-2H3,(H,13,15). The Labute approximate surface area is 89.4 Å². The average Bonchev–Trinajstić information content (AvgIpc) is 2.66. The van der Waals surface area contributed by atoms with Crippen LogP contribution in [0.25, 0.3) is 0 Å². The van der Waals surface area contributed by atoms with Crippen LogP contribution in [-0.2, 0) is 4.79 Å². The number of hydrogen-bond acceptors (Lipinski definition) is 3. The molecule has 3 N–H and O–H groups in total. The summed E-state index contributed by atoms with van der Waals surface area (Å²) >= 11 is 0. The molecular formula is C11H16N2O2. The Morgan fingerprint density at radius 1 is 1.33 bits per heavy atom. The first-order valence-electron chi connectivity index (χ1n) is 5.04. The third-order valence-electron chi connectivity index (χ3n) is 2.00. The zero-order valence-electron chi connectivity index (χ0n) is 9.00. The smallest absolute Gasteiger partial charge is 0.252 e. The van der Waals surface area contributed by atoms with Crippen molar-refractivity contribution in [3.8, 4) is 0 Å². The van der Waals surface area contributed by atoms with Crippen molar-refractivity contribution in [3.63, 3.8) is 0 Å². The van der Waals surface area contributed by atoms with Crippen LogP contribution in [0.1, 0.15) is 13.8 Å². The second-order valence-corrected chi connectivity index (χ2v) is 3.09. The number of amides is 1. The molecule has 0 fully saturated rings. The molecule has 0 aromatic rings. The van der Waals surface area contributed by atoms with Gasteiger partial charge in [-0.1, -0.05) is 6.08 Å². The number of likely N-dealkylation sites (N-methyl/N-ethyl adjacent to an activating group) is 1. The van der Waals surface area contributed by atoms with E-state index in [1.807, 2.05) is 13.8 Å². The molecule has 0 radical (unpaired) electrons. The first-order chi connectivity index (χ1) is 7.20. The normalized spacial score (nSPS) is 17.3. The Morgan fingerprint density at radius 3 is 2.60 bits per heavy atom. The lowest BCUT2D eigenvalue weighted by atomic mass is 10.1. The Bertz CT molecular complexity index is 340. The van der Waals surface area contributed by atoms with Crippen LogP contribution in [0.2, 0.25) is 0 Å². The van der Waals surface area contributed by atoms with Crippen molar-refractivity contribution in [1.82, 2.24) is 10.6 Å². The molecule has 0 saturated heterocycles. The SMILES string of the molecule is CCNC(=O)C1=CC=CC1=C(O)NCC. The van der Waals surface area contributed by atoms with Gasteiger partial charge in [0.15, 0.2) is 5.88 Å². The fraction of sp³-hybridized carbons (Fsp3) is 0.364. The third-order valence-corrected chi connectivity index (χ3v) is 2.00. The minimum Gasteiger partial charge on any atom is -0.494 e. The molecule has 15 heavy (non-hydrogen) atoms. The number of carbonyl (C=O) groups is 1. The summed E-state index contributed by atoms with van der Waals surface area (Å²) in [5.74, 6) is -0.120. The van der Waals surface area contributed by atoms with E-state index in [0.29, 0.717) is 24.2 Å².